The Balaban J connectivity index is 1.30. The zero-order valence-electron chi connectivity index (χ0n) is 22.3. The van der Waals surface area contributed by atoms with E-state index in [-0.39, 0.29) is 0 Å². The maximum Gasteiger partial charge on any atom is 0.0353 e. The largest absolute Gasteiger partial charge is 0.264 e. The maximum absolute atomic E-state index is 4.60. The van der Waals surface area contributed by atoms with Crippen LogP contribution in [0.4, 0.5) is 0 Å². The van der Waals surface area contributed by atoms with Crippen LogP contribution in [0.25, 0.3) is 65.3 Å². The van der Waals surface area contributed by atoms with Crippen molar-refractivity contribution in [3.63, 3.8) is 0 Å². The molecule has 1 nitrogen and oxygen atoms in total. The van der Waals surface area contributed by atoms with Gasteiger partial charge in [0.05, 0.1) is 0 Å². The molecule has 7 aromatic carbocycles. The highest BCUT2D eigenvalue weighted by Gasteiger charge is 2.18. The Morgan fingerprint density at radius 1 is 0.439 bits per heavy atom. The lowest BCUT2D eigenvalue weighted by Crippen LogP contribution is -1.91. The van der Waals surface area contributed by atoms with Gasteiger partial charge in [0.2, 0.25) is 0 Å². The fourth-order valence-corrected chi connectivity index (χ4v) is 7.17. The van der Waals surface area contributed by atoms with E-state index in [1.807, 2.05) is 24.2 Å². The van der Waals surface area contributed by atoms with E-state index in [1.54, 1.807) is 0 Å². The molecule has 0 saturated heterocycles. The van der Waals surface area contributed by atoms with Crippen molar-refractivity contribution in [2.75, 3.05) is 0 Å². The molecule has 0 aliphatic carbocycles. The van der Waals surface area contributed by atoms with Gasteiger partial charge in [-0.2, -0.15) is 0 Å². The molecule has 0 atom stereocenters. The fourth-order valence-electron chi connectivity index (χ4n) is 6.04. The minimum atomic E-state index is 1.18. The smallest absolute Gasteiger partial charge is 0.0353 e. The van der Waals surface area contributed by atoms with Crippen LogP contribution in [0.5, 0.6) is 0 Å². The van der Waals surface area contributed by atoms with Gasteiger partial charge in [-0.3, -0.25) is 4.98 Å². The zero-order chi connectivity index (χ0) is 27.2. The third kappa shape index (κ3) is 4.16. The van der Waals surface area contributed by atoms with Crippen LogP contribution in [0, 0.1) is 0 Å². The highest BCUT2D eigenvalue weighted by Crippen LogP contribution is 2.46. The molecule has 2 heteroatoms. The molecule has 192 valence electrons. The summed E-state index contributed by atoms with van der Waals surface area (Å²) < 4.78 is 0. The first-order chi connectivity index (χ1) is 20.3. The molecule has 1 aromatic heterocycles. The second-order valence-corrected chi connectivity index (χ2v) is 11.5. The van der Waals surface area contributed by atoms with Crippen LogP contribution in [-0.4, -0.2) is 4.98 Å². The summed E-state index contributed by atoms with van der Waals surface area (Å²) in [6.07, 6.45) is 3.95. The quantitative estimate of drug-likeness (QED) is 0.206. The van der Waals surface area contributed by atoms with Gasteiger partial charge in [0.1, 0.15) is 0 Å². The minimum Gasteiger partial charge on any atom is -0.264 e. The Bertz CT molecular complexity index is 2170. The van der Waals surface area contributed by atoms with Crippen molar-refractivity contribution in [1.82, 2.24) is 4.98 Å². The first-order valence-electron chi connectivity index (χ1n) is 13.9. The van der Waals surface area contributed by atoms with Crippen molar-refractivity contribution >= 4 is 54.9 Å². The van der Waals surface area contributed by atoms with Gasteiger partial charge in [-0.15, -0.1) is 0 Å². The molecule has 8 rings (SSSR count). The number of benzene rings is 7. The van der Waals surface area contributed by atoms with E-state index in [9.17, 15) is 0 Å². The van der Waals surface area contributed by atoms with Crippen molar-refractivity contribution in [2.24, 2.45) is 0 Å². The molecule has 0 fully saturated rings. The molecule has 0 radical (unpaired) electrons. The molecule has 0 bridgehead atoms. The van der Waals surface area contributed by atoms with Crippen molar-refractivity contribution in [3.05, 3.63) is 152 Å². The number of nitrogens with zero attached hydrogens (tertiary/aromatic N) is 1. The minimum absolute atomic E-state index is 1.18. The van der Waals surface area contributed by atoms with Crippen molar-refractivity contribution in [2.45, 2.75) is 9.79 Å². The Labute approximate surface area is 243 Å². The molecule has 1 heterocycles. The molecule has 0 spiro atoms. The summed E-state index contributed by atoms with van der Waals surface area (Å²) in [6, 6.07) is 50.4. The summed E-state index contributed by atoms with van der Waals surface area (Å²) >= 11 is 1.84. The van der Waals surface area contributed by atoms with Gasteiger partial charge in [-0.25, -0.2) is 0 Å². The van der Waals surface area contributed by atoms with E-state index >= 15 is 0 Å². The molecule has 0 N–H and O–H groups in total. The van der Waals surface area contributed by atoms with Gasteiger partial charge < -0.3 is 0 Å². The molecular weight excluding hydrogens is 515 g/mol. The molecule has 0 amide bonds. The summed E-state index contributed by atoms with van der Waals surface area (Å²) in [4.78, 5) is 7.09. The second-order valence-electron chi connectivity index (χ2n) is 10.4. The van der Waals surface area contributed by atoms with Crippen LogP contribution in [-0.2, 0) is 0 Å². The highest BCUT2D eigenvalue weighted by atomic mass is 32.2. The van der Waals surface area contributed by atoms with Crippen LogP contribution in [0.2, 0.25) is 0 Å². The van der Waals surface area contributed by atoms with Crippen molar-refractivity contribution < 1.29 is 0 Å². The van der Waals surface area contributed by atoms with Crippen LogP contribution in [0.15, 0.2) is 162 Å². The molecule has 41 heavy (non-hydrogen) atoms. The summed E-state index contributed by atoms with van der Waals surface area (Å²) in [5.74, 6) is 0. The van der Waals surface area contributed by atoms with Gasteiger partial charge in [0.15, 0.2) is 0 Å². The molecule has 0 aliphatic rings. The number of fused-ring (bicyclic) bond motifs is 4. The normalized spacial score (nSPS) is 11.5. The van der Waals surface area contributed by atoms with Crippen molar-refractivity contribution in [1.29, 1.82) is 0 Å². The predicted molar refractivity (Wildman–Crippen MR) is 176 cm³/mol. The van der Waals surface area contributed by atoms with E-state index in [1.165, 1.54) is 75.1 Å². The average Bonchev–Trinajstić information content (AvgIpc) is 3.05. The average molecular weight is 540 g/mol. The first-order valence-corrected chi connectivity index (χ1v) is 14.7. The Kier molecular flexibility index (Phi) is 5.79. The Hall–Kier alpha value is -4.92. The lowest BCUT2D eigenvalue weighted by molar-refractivity contribution is 1.36. The van der Waals surface area contributed by atoms with Crippen LogP contribution in [0.3, 0.4) is 0 Å². The van der Waals surface area contributed by atoms with Crippen LogP contribution in [0.1, 0.15) is 0 Å². The molecule has 0 unspecified atom stereocenters. The monoisotopic (exact) mass is 539 g/mol. The highest BCUT2D eigenvalue weighted by molar-refractivity contribution is 7.99. The van der Waals surface area contributed by atoms with Crippen LogP contribution >= 0.6 is 11.8 Å². The Morgan fingerprint density at radius 3 is 2.05 bits per heavy atom. The van der Waals surface area contributed by atoms with Gasteiger partial charge >= 0.3 is 0 Å². The first kappa shape index (κ1) is 23.9. The zero-order valence-corrected chi connectivity index (χ0v) is 23.1. The van der Waals surface area contributed by atoms with E-state index in [0.717, 1.165) is 0 Å². The summed E-state index contributed by atoms with van der Waals surface area (Å²) in [7, 11) is 0. The van der Waals surface area contributed by atoms with Crippen LogP contribution < -0.4 is 0 Å². The molecule has 8 aromatic rings. The summed E-state index contributed by atoms with van der Waals surface area (Å²) in [5.41, 5.74) is 4.98. The van der Waals surface area contributed by atoms with E-state index in [4.69, 9.17) is 0 Å². The van der Waals surface area contributed by atoms with Gasteiger partial charge in [0, 0.05) is 27.6 Å². The predicted octanol–water partition coefficient (Wildman–Crippen LogP) is 11.2. The number of hydrogen-bond acceptors (Lipinski definition) is 2. The SMILES string of the molecule is c1ccc(-c2ccc3cc(Sc4c5ccccc5c(-c5cccc6ccccc56)c5cnccc45)ccc3c2)cc1. The van der Waals surface area contributed by atoms with Crippen molar-refractivity contribution in [3.8, 4) is 22.3 Å². The van der Waals surface area contributed by atoms with E-state index in [2.05, 4.69) is 145 Å². The fraction of sp³-hybridized carbons (Fsp3) is 0. The third-order valence-corrected chi connectivity index (χ3v) is 9.11. The third-order valence-electron chi connectivity index (χ3n) is 7.97. The number of hydrogen-bond donors (Lipinski definition) is 0. The topological polar surface area (TPSA) is 12.9 Å². The van der Waals surface area contributed by atoms with Gasteiger partial charge in [-0.1, -0.05) is 127 Å². The summed E-state index contributed by atoms with van der Waals surface area (Å²) in [6.45, 7) is 0. The number of pyridine rings is 1. The standard InChI is InChI=1S/C39H25NS/c1-2-9-26(10-3-1)28-17-18-30-24-31(20-19-29(30)23-28)41-39-35-15-7-6-14-34(35)38(37-25-40-22-21-36(37)39)33-16-8-12-27-11-4-5-13-32(27)33/h1-25H. The summed E-state index contributed by atoms with van der Waals surface area (Å²) in [5, 5.41) is 9.92. The van der Waals surface area contributed by atoms with E-state index < -0.39 is 0 Å². The second kappa shape index (κ2) is 9.92. The Morgan fingerprint density at radius 2 is 1.15 bits per heavy atom. The van der Waals surface area contributed by atoms with Gasteiger partial charge in [-0.05, 0) is 84.2 Å². The molecule has 0 aliphatic heterocycles. The molecule has 0 saturated carbocycles. The molecular formula is C39H25NS. The number of aromatic nitrogens is 1. The van der Waals surface area contributed by atoms with Gasteiger partial charge in [0.25, 0.3) is 0 Å². The lowest BCUT2D eigenvalue weighted by atomic mass is 9.90. The lowest BCUT2D eigenvalue weighted by Gasteiger charge is -2.18. The van der Waals surface area contributed by atoms with E-state index in [0.29, 0.717) is 0 Å². The maximum atomic E-state index is 4.60. The number of rotatable bonds is 4.